The number of aliphatic imine (C=N–C) groups is 1. The molecule has 0 bridgehead atoms. The van der Waals surface area contributed by atoms with Crippen LogP contribution >= 0.6 is 23.1 Å². The highest BCUT2D eigenvalue weighted by Crippen LogP contribution is 2.53. The maximum atomic E-state index is 11.0. The van der Waals surface area contributed by atoms with Crippen LogP contribution in [-0.2, 0) is 12.8 Å². The van der Waals surface area contributed by atoms with E-state index in [0.717, 1.165) is 40.4 Å². The molecule has 0 spiro atoms. The average Bonchev–Trinajstić information content (AvgIpc) is 3.41. The summed E-state index contributed by atoms with van der Waals surface area (Å²) in [5, 5.41) is 16.9. The van der Waals surface area contributed by atoms with E-state index in [2.05, 4.69) is 63.7 Å². The van der Waals surface area contributed by atoms with Gasteiger partial charge in [0.15, 0.2) is 10.3 Å². The van der Waals surface area contributed by atoms with E-state index in [9.17, 15) is 10.1 Å². The lowest BCUT2D eigenvalue weighted by molar-refractivity contribution is -0.384. The Bertz CT molecular complexity index is 1530. The Morgan fingerprint density at radius 2 is 1.95 bits per heavy atom. The van der Waals surface area contributed by atoms with Gasteiger partial charge in [-0.05, 0) is 60.6 Å². The van der Waals surface area contributed by atoms with Crippen LogP contribution in [0.2, 0.25) is 0 Å². The Labute approximate surface area is 222 Å². The van der Waals surface area contributed by atoms with E-state index in [-0.39, 0.29) is 10.6 Å². The van der Waals surface area contributed by atoms with Gasteiger partial charge in [0.25, 0.3) is 5.69 Å². The van der Waals surface area contributed by atoms with Gasteiger partial charge in [0.1, 0.15) is 0 Å². The number of fused-ring (bicyclic) bond motifs is 4. The van der Waals surface area contributed by atoms with Crippen molar-refractivity contribution in [1.82, 2.24) is 9.88 Å². The molecule has 2 fully saturated rings. The third-order valence-electron chi connectivity index (χ3n) is 7.30. The highest BCUT2D eigenvalue weighted by Gasteiger charge is 2.50. The van der Waals surface area contributed by atoms with Crippen molar-refractivity contribution in [2.24, 2.45) is 4.99 Å². The van der Waals surface area contributed by atoms with E-state index < -0.39 is 0 Å². The van der Waals surface area contributed by atoms with Crippen LogP contribution in [0, 0.1) is 10.1 Å². The molecule has 7 rings (SSSR count). The van der Waals surface area contributed by atoms with Crippen molar-refractivity contribution in [1.29, 1.82) is 0 Å². The molecule has 1 aromatic heterocycles. The van der Waals surface area contributed by atoms with Crippen LogP contribution in [0.5, 0.6) is 0 Å². The van der Waals surface area contributed by atoms with Gasteiger partial charge in [-0.3, -0.25) is 10.1 Å². The molecule has 1 N–H and O–H groups in total. The molecule has 1 saturated carbocycles. The third kappa shape index (κ3) is 4.36. The number of non-ortho nitro benzene ring substituents is 1. The van der Waals surface area contributed by atoms with Crippen LogP contribution in [0.4, 0.5) is 16.5 Å². The monoisotopic (exact) mass is 527 g/mol. The lowest BCUT2D eigenvalue weighted by Crippen LogP contribution is -2.30. The summed E-state index contributed by atoms with van der Waals surface area (Å²) in [7, 11) is 0. The summed E-state index contributed by atoms with van der Waals surface area (Å²) in [5.41, 5.74) is 6.10. The number of nitrogens with one attached hydrogen (secondary N) is 1. The van der Waals surface area contributed by atoms with Gasteiger partial charge in [-0.2, -0.15) is 0 Å². The first-order chi connectivity index (χ1) is 18.1. The first kappa shape index (κ1) is 22.7. The summed E-state index contributed by atoms with van der Waals surface area (Å²) in [6, 6.07) is 23.3. The van der Waals surface area contributed by atoms with Gasteiger partial charge in [-0.1, -0.05) is 59.5 Å². The average molecular weight is 528 g/mol. The summed E-state index contributed by atoms with van der Waals surface area (Å²) in [5.74, 6) is 0. The SMILES string of the molecule is O=[N+]([O-])c1ccc2nc(NCCc3ccc(/N=C4\SC5Cc6ccccc6[C@@H]5N4C4CC4)cc3)sc2c1. The summed E-state index contributed by atoms with van der Waals surface area (Å²) < 4.78 is 0.817. The van der Waals surface area contributed by atoms with Crippen molar-refractivity contribution in [2.45, 2.75) is 43.0 Å². The second kappa shape index (κ2) is 9.15. The molecule has 9 heteroatoms. The second-order valence-electron chi connectivity index (χ2n) is 9.81. The second-order valence-corrected chi connectivity index (χ2v) is 12.0. The van der Waals surface area contributed by atoms with Gasteiger partial charge >= 0.3 is 0 Å². The number of nitro benzene ring substituents is 1. The van der Waals surface area contributed by atoms with Crippen LogP contribution in [0.25, 0.3) is 10.2 Å². The largest absolute Gasteiger partial charge is 0.361 e. The third-order valence-corrected chi connectivity index (χ3v) is 9.51. The van der Waals surface area contributed by atoms with E-state index in [0.29, 0.717) is 17.3 Å². The Morgan fingerprint density at radius 1 is 1.11 bits per heavy atom. The fraction of sp³-hybridized carbons (Fsp3) is 0.286. The predicted molar refractivity (Wildman–Crippen MR) is 151 cm³/mol. The van der Waals surface area contributed by atoms with Crippen molar-refractivity contribution in [3.05, 3.63) is 93.5 Å². The van der Waals surface area contributed by atoms with Crippen molar-refractivity contribution in [3.8, 4) is 0 Å². The maximum Gasteiger partial charge on any atom is 0.270 e. The number of aromatic nitrogens is 1. The van der Waals surface area contributed by atoms with Gasteiger partial charge < -0.3 is 10.2 Å². The summed E-state index contributed by atoms with van der Waals surface area (Å²) in [6.45, 7) is 0.740. The van der Waals surface area contributed by atoms with Gasteiger partial charge in [-0.25, -0.2) is 9.98 Å². The van der Waals surface area contributed by atoms with E-state index in [1.54, 1.807) is 12.1 Å². The highest BCUT2D eigenvalue weighted by atomic mass is 32.2. The standard InChI is InChI=1S/C28H25N5O2S2/c34-33(35)21-11-12-23-24(16-21)36-27(31-23)29-14-13-17-5-7-19(8-6-17)30-28-32(20-9-10-20)26-22-4-2-1-3-18(22)15-25(26)37-28/h1-8,11-12,16,20,25-26H,9-10,13-15H2,(H,29,31)/b30-28-/t25?,26-/m0/s1. The molecule has 2 atom stereocenters. The molecule has 1 saturated heterocycles. The topological polar surface area (TPSA) is 83.7 Å². The Balaban J connectivity index is 1.01. The maximum absolute atomic E-state index is 11.0. The number of nitro groups is 1. The lowest BCUT2D eigenvalue weighted by Gasteiger charge is -2.26. The van der Waals surface area contributed by atoms with Gasteiger partial charge in [-0.15, -0.1) is 0 Å². The fourth-order valence-corrected chi connectivity index (χ4v) is 7.78. The molecular formula is C28H25N5O2S2. The van der Waals surface area contributed by atoms with Crippen molar-refractivity contribution in [2.75, 3.05) is 11.9 Å². The van der Waals surface area contributed by atoms with Crippen LogP contribution in [0.15, 0.2) is 71.7 Å². The van der Waals surface area contributed by atoms with Gasteiger partial charge in [0, 0.05) is 30.0 Å². The first-order valence-corrected chi connectivity index (χ1v) is 14.3. The number of anilines is 1. The van der Waals surface area contributed by atoms with Gasteiger partial charge in [0.05, 0.1) is 26.9 Å². The molecule has 3 aliphatic rings. The van der Waals surface area contributed by atoms with Gasteiger partial charge in [0.2, 0.25) is 0 Å². The number of thiazole rings is 1. The summed E-state index contributed by atoms with van der Waals surface area (Å²) >= 11 is 3.39. The van der Waals surface area contributed by atoms with Crippen LogP contribution < -0.4 is 5.32 Å². The number of amidine groups is 1. The Morgan fingerprint density at radius 3 is 2.76 bits per heavy atom. The van der Waals surface area contributed by atoms with Crippen molar-refractivity contribution >= 4 is 55.0 Å². The Hall–Kier alpha value is -3.43. The molecule has 0 radical (unpaired) electrons. The normalized spacial score (nSPS) is 21.4. The molecule has 0 amide bonds. The van der Waals surface area contributed by atoms with E-state index >= 15 is 0 Å². The minimum atomic E-state index is -0.375. The van der Waals surface area contributed by atoms with E-state index in [4.69, 9.17) is 4.99 Å². The van der Waals surface area contributed by atoms with Crippen molar-refractivity contribution < 1.29 is 4.92 Å². The zero-order valence-electron chi connectivity index (χ0n) is 20.0. The molecule has 2 heterocycles. The number of hydrogen-bond acceptors (Lipinski definition) is 7. The van der Waals surface area contributed by atoms with E-state index in [1.165, 1.54) is 52.1 Å². The molecule has 186 valence electrons. The molecular weight excluding hydrogens is 502 g/mol. The number of benzene rings is 3. The first-order valence-electron chi connectivity index (χ1n) is 12.6. The highest BCUT2D eigenvalue weighted by molar-refractivity contribution is 8.14. The van der Waals surface area contributed by atoms with Crippen LogP contribution in [-0.4, -0.2) is 37.8 Å². The Kier molecular flexibility index (Phi) is 5.62. The number of nitrogens with zero attached hydrogens (tertiary/aromatic N) is 4. The van der Waals surface area contributed by atoms with Crippen LogP contribution in [0.1, 0.15) is 35.6 Å². The predicted octanol–water partition coefficient (Wildman–Crippen LogP) is 6.72. The number of thioether (sulfide) groups is 1. The molecule has 37 heavy (non-hydrogen) atoms. The molecule has 1 unspecified atom stereocenters. The molecule has 4 aromatic rings. The zero-order valence-corrected chi connectivity index (χ0v) is 21.7. The summed E-state index contributed by atoms with van der Waals surface area (Å²) in [4.78, 5) is 22.9. The molecule has 7 nitrogen and oxygen atoms in total. The summed E-state index contributed by atoms with van der Waals surface area (Å²) in [6.07, 6.45) is 4.52. The zero-order chi connectivity index (χ0) is 24.9. The molecule has 2 aliphatic carbocycles. The fourth-order valence-electron chi connectivity index (χ4n) is 5.37. The van der Waals surface area contributed by atoms with E-state index in [1.807, 2.05) is 11.8 Å². The van der Waals surface area contributed by atoms with Crippen molar-refractivity contribution in [3.63, 3.8) is 0 Å². The number of hydrogen-bond donors (Lipinski definition) is 1. The minimum absolute atomic E-state index is 0.0932. The lowest BCUT2D eigenvalue weighted by atomic mass is 10.1. The smallest absolute Gasteiger partial charge is 0.270 e. The quantitative estimate of drug-likeness (QED) is 0.212. The minimum Gasteiger partial charge on any atom is -0.361 e. The molecule has 1 aliphatic heterocycles. The molecule has 3 aromatic carbocycles. The number of rotatable bonds is 7. The van der Waals surface area contributed by atoms with Crippen LogP contribution in [0.3, 0.4) is 0 Å².